The maximum absolute atomic E-state index is 12.2. The van der Waals surface area contributed by atoms with Gasteiger partial charge in [-0.25, -0.2) is 13.1 Å². The molecule has 0 bridgehead atoms. The molecule has 2 N–H and O–H groups in total. The number of piperidine rings is 1. The van der Waals surface area contributed by atoms with Gasteiger partial charge in [-0.3, -0.25) is 14.9 Å². The zero-order chi connectivity index (χ0) is 18.4. The third-order valence-electron chi connectivity index (χ3n) is 4.24. The SMILES string of the molecule is CN(C(=O)CCNS(=O)(=O)c1ccc([N+](=O)[O-])cc1)C1CCNCC1.Cl. The Hall–Kier alpha value is -1.75. The van der Waals surface area contributed by atoms with Crippen molar-refractivity contribution in [2.45, 2.75) is 30.2 Å². The summed E-state index contributed by atoms with van der Waals surface area (Å²) in [7, 11) is -2.06. The van der Waals surface area contributed by atoms with E-state index in [0.29, 0.717) is 0 Å². The van der Waals surface area contributed by atoms with E-state index in [9.17, 15) is 23.3 Å². The van der Waals surface area contributed by atoms with Crippen molar-refractivity contribution in [1.82, 2.24) is 14.9 Å². The van der Waals surface area contributed by atoms with Crippen LogP contribution in [0.2, 0.25) is 0 Å². The van der Waals surface area contributed by atoms with Gasteiger partial charge in [0.05, 0.1) is 9.82 Å². The summed E-state index contributed by atoms with van der Waals surface area (Å²) in [6, 6.07) is 4.78. The van der Waals surface area contributed by atoms with Gasteiger partial charge >= 0.3 is 0 Å². The number of non-ortho nitro benzene ring substituents is 1. The molecular weight excluding hydrogens is 384 g/mol. The number of nitrogens with zero attached hydrogens (tertiary/aromatic N) is 2. The van der Waals surface area contributed by atoms with Gasteiger partial charge in [-0.1, -0.05) is 0 Å². The summed E-state index contributed by atoms with van der Waals surface area (Å²) in [5.74, 6) is -0.113. The number of carbonyl (C=O) groups excluding carboxylic acids is 1. The van der Waals surface area contributed by atoms with E-state index in [1.807, 2.05) is 0 Å². The van der Waals surface area contributed by atoms with E-state index in [-0.39, 0.29) is 47.9 Å². The summed E-state index contributed by atoms with van der Waals surface area (Å²) in [6.45, 7) is 1.72. The molecule has 0 radical (unpaired) electrons. The molecule has 0 aromatic heterocycles. The number of sulfonamides is 1. The third kappa shape index (κ3) is 5.90. The van der Waals surface area contributed by atoms with E-state index in [2.05, 4.69) is 10.0 Å². The van der Waals surface area contributed by atoms with Crippen LogP contribution in [-0.2, 0) is 14.8 Å². The van der Waals surface area contributed by atoms with Crippen molar-refractivity contribution >= 4 is 34.0 Å². The van der Waals surface area contributed by atoms with Crippen molar-refractivity contribution in [2.24, 2.45) is 0 Å². The molecule has 0 saturated carbocycles. The zero-order valence-corrected chi connectivity index (χ0v) is 16.0. The Morgan fingerprint density at radius 2 is 1.88 bits per heavy atom. The number of rotatable bonds is 7. The topological polar surface area (TPSA) is 122 Å². The number of hydrogen-bond acceptors (Lipinski definition) is 6. The lowest BCUT2D eigenvalue weighted by Crippen LogP contribution is -2.44. The highest BCUT2D eigenvalue weighted by Gasteiger charge is 2.22. The second kappa shape index (κ2) is 9.81. The highest BCUT2D eigenvalue weighted by molar-refractivity contribution is 7.89. The Morgan fingerprint density at radius 1 is 1.31 bits per heavy atom. The smallest absolute Gasteiger partial charge is 0.269 e. The van der Waals surface area contributed by atoms with Crippen LogP contribution >= 0.6 is 12.4 Å². The number of carbonyl (C=O) groups is 1. The van der Waals surface area contributed by atoms with Gasteiger partial charge in [0.25, 0.3) is 5.69 Å². The van der Waals surface area contributed by atoms with E-state index in [1.54, 1.807) is 11.9 Å². The molecule has 1 aromatic rings. The average Bonchev–Trinajstić information content (AvgIpc) is 2.61. The molecule has 0 unspecified atom stereocenters. The minimum Gasteiger partial charge on any atom is -0.343 e. The second-order valence-corrected chi connectivity index (χ2v) is 7.65. The second-order valence-electron chi connectivity index (χ2n) is 5.88. The van der Waals surface area contributed by atoms with Gasteiger partial charge in [-0.2, -0.15) is 0 Å². The van der Waals surface area contributed by atoms with Crippen LogP contribution in [0, 0.1) is 10.1 Å². The minimum atomic E-state index is -3.80. The minimum absolute atomic E-state index is 0. The fourth-order valence-electron chi connectivity index (χ4n) is 2.70. The highest BCUT2D eigenvalue weighted by Crippen LogP contribution is 2.16. The number of nitro groups is 1. The Morgan fingerprint density at radius 3 is 2.42 bits per heavy atom. The Bertz CT molecular complexity index is 720. The largest absolute Gasteiger partial charge is 0.343 e. The van der Waals surface area contributed by atoms with Crippen molar-refractivity contribution in [2.75, 3.05) is 26.7 Å². The molecule has 26 heavy (non-hydrogen) atoms. The van der Waals surface area contributed by atoms with Crippen LogP contribution in [0.4, 0.5) is 5.69 Å². The quantitative estimate of drug-likeness (QED) is 0.512. The molecular formula is C15H23ClN4O5S. The Kier molecular flexibility index (Phi) is 8.41. The van der Waals surface area contributed by atoms with Gasteiger partial charge < -0.3 is 10.2 Å². The van der Waals surface area contributed by atoms with Crippen LogP contribution in [0.5, 0.6) is 0 Å². The molecule has 1 aliphatic heterocycles. The molecule has 11 heteroatoms. The Labute approximate surface area is 158 Å². The first-order valence-corrected chi connectivity index (χ1v) is 9.50. The van der Waals surface area contributed by atoms with Gasteiger partial charge in [-0.15, -0.1) is 12.4 Å². The van der Waals surface area contributed by atoms with Crippen LogP contribution in [0.15, 0.2) is 29.2 Å². The maximum Gasteiger partial charge on any atom is 0.269 e. The molecule has 0 spiro atoms. The van der Waals surface area contributed by atoms with Crippen molar-refractivity contribution in [3.8, 4) is 0 Å². The predicted molar refractivity (Wildman–Crippen MR) is 98.8 cm³/mol. The van der Waals surface area contributed by atoms with E-state index in [4.69, 9.17) is 0 Å². The number of benzene rings is 1. The monoisotopic (exact) mass is 406 g/mol. The van der Waals surface area contributed by atoms with Gasteiger partial charge in [0, 0.05) is 38.2 Å². The number of amides is 1. The average molecular weight is 407 g/mol. The molecule has 1 fully saturated rings. The van der Waals surface area contributed by atoms with Crippen LogP contribution < -0.4 is 10.0 Å². The maximum atomic E-state index is 12.2. The fourth-order valence-corrected chi connectivity index (χ4v) is 3.73. The molecule has 2 rings (SSSR count). The molecule has 1 amide bonds. The van der Waals surface area contributed by atoms with Gasteiger partial charge in [0.1, 0.15) is 0 Å². The van der Waals surface area contributed by atoms with E-state index >= 15 is 0 Å². The molecule has 0 aliphatic carbocycles. The summed E-state index contributed by atoms with van der Waals surface area (Å²) < 4.78 is 26.7. The van der Waals surface area contributed by atoms with E-state index in [1.165, 1.54) is 12.1 Å². The molecule has 9 nitrogen and oxygen atoms in total. The number of hydrogen-bond donors (Lipinski definition) is 2. The van der Waals surface area contributed by atoms with Crippen LogP contribution in [0.25, 0.3) is 0 Å². The van der Waals surface area contributed by atoms with Crippen LogP contribution in [0.3, 0.4) is 0 Å². The van der Waals surface area contributed by atoms with Crippen LogP contribution in [-0.4, -0.2) is 56.9 Å². The summed E-state index contributed by atoms with van der Waals surface area (Å²) >= 11 is 0. The normalized spacial score (nSPS) is 15.1. The summed E-state index contributed by atoms with van der Waals surface area (Å²) in [4.78, 5) is 23.8. The lowest BCUT2D eigenvalue weighted by Gasteiger charge is -2.31. The lowest BCUT2D eigenvalue weighted by molar-refractivity contribution is -0.384. The first kappa shape index (κ1) is 22.3. The first-order chi connectivity index (χ1) is 11.8. The standard InChI is InChI=1S/C15H22N4O5S.ClH/c1-18(12-6-9-16-10-7-12)15(20)8-11-17-25(23,24)14-4-2-13(3-5-14)19(21)22;/h2-5,12,16-17H,6-11H2,1H3;1H. The molecule has 0 atom stereocenters. The van der Waals surface area contributed by atoms with Crippen molar-refractivity contribution in [3.05, 3.63) is 34.4 Å². The molecule has 1 saturated heterocycles. The van der Waals surface area contributed by atoms with E-state index in [0.717, 1.165) is 38.1 Å². The van der Waals surface area contributed by atoms with Crippen LogP contribution in [0.1, 0.15) is 19.3 Å². The summed E-state index contributed by atoms with van der Waals surface area (Å²) in [6.07, 6.45) is 1.83. The molecule has 1 aromatic carbocycles. The Balaban J connectivity index is 0.00000338. The van der Waals surface area contributed by atoms with Crippen molar-refractivity contribution in [3.63, 3.8) is 0 Å². The number of nitro benzene ring substituents is 1. The number of nitrogens with one attached hydrogen (secondary N) is 2. The van der Waals surface area contributed by atoms with Crippen molar-refractivity contribution in [1.29, 1.82) is 0 Å². The highest BCUT2D eigenvalue weighted by atomic mass is 35.5. The summed E-state index contributed by atoms with van der Waals surface area (Å²) in [5, 5.41) is 13.8. The summed E-state index contributed by atoms with van der Waals surface area (Å²) in [5.41, 5.74) is -0.183. The fraction of sp³-hybridized carbons (Fsp3) is 0.533. The third-order valence-corrected chi connectivity index (χ3v) is 5.72. The van der Waals surface area contributed by atoms with Gasteiger partial charge in [0.2, 0.25) is 15.9 Å². The van der Waals surface area contributed by atoms with Gasteiger partial charge in [0.15, 0.2) is 0 Å². The van der Waals surface area contributed by atoms with E-state index < -0.39 is 14.9 Å². The zero-order valence-electron chi connectivity index (χ0n) is 14.4. The molecule has 1 heterocycles. The van der Waals surface area contributed by atoms with Crippen molar-refractivity contribution < 1.29 is 18.1 Å². The molecule has 1 aliphatic rings. The van der Waals surface area contributed by atoms with Gasteiger partial charge in [-0.05, 0) is 38.1 Å². The molecule has 146 valence electrons. The first-order valence-electron chi connectivity index (χ1n) is 8.02. The predicted octanol–water partition coefficient (Wildman–Crippen LogP) is 0.895. The number of halogens is 1. The lowest BCUT2D eigenvalue weighted by atomic mass is 10.1.